The van der Waals surface area contributed by atoms with Gasteiger partial charge in [0.25, 0.3) is 0 Å². The lowest BCUT2D eigenvalue weighted by Crippen LogP contribution is -2.20. The highest BCUT2D eigenvalue weighted by Gasteiger charge is 1.99. The third-order valence-electron chi connectivity index (χ3n) is 0.424. The lowest BCUT2D eigenvalue weighted by molar-refractivity contribution is -0.129. The molecule has 0 amide bonds. The van der Waals surface area contributed by atoms with Gasteiger partial charge in [0.05, 0.1) is 0 Å². The summed E-state index contributed by atoms with van der Waals surface area (Å²) in [4.78, 5) is 9.58. The molecular weight excluding hydrogens is 114 g/mol. The molecule has 0 unspecified atom stereocenters. The highest BCUT2D eigenvalue weighted by molar-refractivity contribution is 7.82. The normalized spacial score (nSPS) is 8.14. The number of hydrogen-bond acceptors (Lipinski definition) is 3. The van der Waals surface area contributed by atoms with E-state index in [1.54, 1.807) is 0 Å². The molecule has 0 saturated heterocycles. The lowest BCUT2D eigenvalue weighted by atomic mass is 10.4. The Morgan fingerprint density at radius 2 is 2.29 bits per heavy atom. The molecule has 0 aliphatic carbocycles. The number of nitrogens with two attached hydrogens (primary N) is 1. The molecule has 0 aromatic rings. The molecule has 0 radical (unpaired) electrons. The van der Waals surface area contributed by atoms with Crippen molar-refractivity contribution in [1.29, 1.82) is 0 Å². The molecule has 0 saturated carbocycles. The van der Waals surface area contributed by atoms with E-state index in [2.05, 4.69) is 12.2 Å². The van der Waals surface area contributed by atoms with E-state index in [9.17, 15) is 4.79 Å². The summed E-state index contributed by atoms with van der Waals surface area (Å²) in [5.41, 5.74) is 4.85. The van der Waals surface area contributed by atoms with Crippen LogP contribution in [0, 0.1) is 0 Å². The van der Waals surface area contributed by atoms with Gasteiger partial charge in [0.2, 0.25) is 0 Å². The summed E-state index contributed by atoms with van der Waals surface area (Å²) >= 11 is 4.25. The van der Waals surface area contributed by atoms with Crippen LogP contribution < -0.4 is 5.73 Å². The van der Waals surface area contributed by atoms with Gasteiger partial charge in [0, 0.05) is 6.54 Å². The molecule has 0 bridgehead atoms. The van der Waals surface area contributed by atoms with Gasteiger partial charge in [0.15, 0.2) is 0 Å². The first kappa shape index (κ1) is 6.52. The minimum atomic E-state index is -1.10. The smallest absolute Gasteiger partial charge is 0.343 e. The number of rotatable bonds is 2. The zero-order chi connectivity index (χ0) is 5.86. The molecule has 0 aromatic carbocycles. The van der Waals surface area contributed by atoms with E-state index < -0.39 is 5.97 Å². The number of carbonyl (C=O) groups is 1. The van der Waals surface area contributed by atoms with Crippen LogP contribution in [-0.2, 0) is 4.79 Å². The fourth-order valence-corrected chi connectivity index (χ4v) is 0.0873. The zero-order valence-electron chi connectivity index (χ0n) is 3.55. The highest BCUT2D eigenvalue weighted by atomic mass is 32.1. The fraction of sp³-hybridized carbons (Fsp3) is 0.333. The van der Waals surface area contributed by atoms with E-state index in [0.29, 0.717) is 0 Å². The Morgan fingerprint density at radius 3 is 2.29 bits per heavy atom. The Hall–Kier alpha value is -0.480. The maximum Gasteiger partial charge on any atom is 0.343 e. The predicted molar refractivity (Wildman–Crippen MR) is 29.3 cm³/mol. The fourth-order valence-electron chi connectivity index (χ4n) is 0.0873. The minimum absolute atomic E-state index is 0.0509. The summed E-state index contributed by atoms with van der Waals surface area (Å²) in [6.45, 7) is -0.0509. The van der Waals surface area contributed by atoms with Crippen molar-refractivity contribution >= 4 is 23.1 Å². The first-order valence-electron chi connectivity index (χ1n) is 1.64. The molecule has 3 N–H and O–H groups in total. The molecule has 7 heavy (non-hydrogen) atoms. The van der Waals surface area contributed by atoms with Crippen LogP contribution in [-0.4, -0.2) is 22.5 Å². The van der Waals surface area contributed by atoms with Crippen LogP contribution in [0.2, 0.25) is 0 Å². The van der Waals surface area contributed by atoms with E-state index in [1.165, 1.54) is 0 Å². The second-order valence-electron chi connectivity index (χ2n) is 0.932. The van der Waals surface area contributed by atoms with E-state index in [4.69, 9.17) is 10.8 Å². The van der Waals surface area contributed by atoms with Crippen molar-refractivity contribution < 1.29 is 9.90 Å². The van der Waals surface area contributed by atoms with Gasteiger partial charge in [-0.05, 0) is 0 Å². The van der Waals surface area contributed by atoms with Gasteiger partial charge >= 0.3 is 5.97 Å². The largest absolute Gasteiger partial charge is 0.477 e. The standard InChI is InChI=1S/C3H5NO2S/c4-1-2(7)3(5)6/h1,4H2,(H,5,6). The molecule has 0 spiro atoms. The average Bonchev–Trinajstić information content (AvgIpc) is 1.65. The second-order valence-corrected chi connectivity index (χ2v) is 1.43. The molecule has 0 heterocycles. The van der Waals surface area contributed by atoms with Crippen LogP contribution in [0.25, 0.3) is 0 Å². The summed E-state index contributed by atoms with van der Waals surface area (Å²) in [7, 11) is 0. The van der Waals surface area contributed by atoms with E-state index in [1.807, 2.05) is 0 Å². The molecule has 0 aliphatic rings. The maximum atomic E-state index is 9.71. The molecule has 0 rings (SSSR count). The van der Waals surface area contributed by atoms with Crippen molar-refractivity contribution in [3.05, 3.63) is 0 Å². The molecule has 0 fully saturated rings. The maximum absolute atomic E-state index is 9.71. The number of thiocarbonyl (C=S) groups is 1. The minimum Gasteiger partial charge on any atom is -0.477 e. The molecular formula is C3H5NO2S. The molecule has 0 aromatic heterocycles. The quantitative estimate of drug-likeness (QED) is 0.476. The van der Waals surface area contributed by atoms with E-state index in [0.717, 1.165) is 0 Å². The van der Waals surface area contributed by atoms with Crippen molar-refractivity contribution in [3.63, 3.8) is 0 Å². The van der Waals surface area contributed by atoms with Crippen molar-refractivity contribution in [2.24, 2.45) is 5.73 Å². The summed E-state index contributed by atoms with van der Waals surface area (Å²) in [5, 5.41) is 7.96. The first-order chi connectivity index (χ1) is 3.18. The zero-order valence-corrected chi connectivity index (χ0v) is 4.36. The van der Waals surface area contributed by atoms with Crippen molar-refractivity contribution in [2.45, 2.75) is 0 Å². The second kappa shape index (κ2) is 2.65. The van der Waals surface area contributed by atoms with Gasteiger partial charge in [0.1, 0.15) is 4.86 Å². The van der Waals surface area contributed by atoms with Gasteiger partial charge < -0.3 is 10.8 Å². The van der Waals surface area contributed by atoms with E-state index in [-0.39, 0.29) is 11.4 Å². The number of carboxylic acids is 1. The van der Waals surface area contributed by atoms with Crippen LogP contribution in [0.3, 0.4) is 0 Å². The highest BCUT2D eigenvalue weighted by Crippen LogP contribution is 1.70. The Labute approximate surface area is 46.1 Å². The number of carboxylic acid groups (broad SMARTS) is 1. The van der Waals surface area contributed by atoms with Crippen molar-refractivity contribution in [3.8, 4) is 0 Å². The van der Waals surface area contributed by atoms with E-state index >= 15 is 0 Å². The molecule has 3 nitrogen and oxygen atoms in total. The summed E-state index contributed by atoms with van der Waals surface area (Å²) in [6, 6.07) is 0. The lowest BCUT2D eigenvalue weighted by Gasteiger charge is -1.85. The monoisotopic (exact) mass is 119 g/mol. The Balaban J connectivity index is 3.58. The SMILES string of the molecule is NCC(=S)C(=O)O. The molecule has 0 aliphatic heterocycles. The summed E-state index contributed by atoms with van der Waals surface area (Å²) in [5.74, 6) is -1.10. The van der Waals surface area contributed by atoms with Gasteiger partial charge in [-0.2, -0.15) is 0 Å². The molecule has 0 atom stereocenters. The Bertz CT molecular complexity index is 101. The predicted octanol–water partition coefficient (Wildman–Crippen LogP) is -0.600. The van der Waals surface area contributed by atoms with Crippen LogP contribution in [0.1, 0.15) is 0 Å². The number of aliphatic carboxylic acids is 1. The third kappa shape index (κ3) is 2.24. The summed E-state index contributed by atoms with van der Waals surface area (Å²) in [6.07, 6.45) is 0. The third-order valence-corrected chi connectivity index (χ3v) is 0.765. The summed E-state index contributed by atoms with van der Waals surface area (Å²) < 4.78 is 0. The van der Waals surface area contributed by atoms with Crippen LogP contribution in [0.15, 0.2) is 0 Å². The van der Waals surface area contributed by atoms with Crippen molar-refractivity contribution in [2.75, 3.05) is 6.54 Å². The van der Waals surface area contributed by atoms with Crippen molar-refractivity contribution in [1.82, 2.24) is 0 Å². The molecule has 4 heteroatoms. The van der Waals surface area contributed by atoms with Gasteiger partial charge in [-0.1, -0.05) is 12.2 Å². The average molecular weight is 119 g/mol. The first-order valence-corrected chi connectivity index (χ1v) is 2.05. The Kier molecular flexibility index (Phi) is 2.47. The van der Waals surface area contributed by atoms with Crippen LogP contribution in [0.5, 0.6) is 0 Å². The topological polar surface area (TPSA) is 63.3 Å². The Morgan fingerprint density at radius 1 is 1.86 bits per heavy atom. The molecule has 40 valence electrons. The van der Waals surface area contributed by atoms with Gasteiger partial charge in [-0.3, -0.25) is 0 Å². The van der Waals surface area contributed by atoms with Gasteiger partial charge in [-0.15, -0.1) is 0 Å². The number of hydrogen-bond donors (Lipinski definition) is 2. The van der Waals surface area contributed by atoms with Crippen LogP contribution in [0.4, 0.5) is 0 Å². The van der Waals surface area contributed by atoms with Gasteiger partial charge in [-0.25, -0.2) is 4.79 Å². The van der Waals surface area contributed by atoms with Crippen LogP contribution >= 0.6 is 12.2 Å².